The Bertz CT molecular complexity index is 1060. The highest BCUT2D eigenvalue weighted by Gasteiger charge is 2.38. The fraction of sp³-hybridized carbons (Fsp3) is 0.429. The minimum atomic E-state index is -0.352. The molecule has 1 unspecified atom stereocenters. The fourth-order valence-corrected chi connectivity index (χ4v) is 5.02. The molecule has 1 saturated heterocycles. The first kappa shape index (κ1) is 19.8. The molecule has 2 aromatic rings. The van der Waals surface area contributed by atoms with E-state index in [4.69, 9.17) is 14.2 Å². The van der Waals surface area contributed by atoms with E-state index in [1.54, 1.807) is 30.0 Å². The number of hydrogen-bond acceptors (Lipinski definition) is 8. The average molecular weight is 443 g/mol. The third kappa shape index (κ3) is 3.60. The number of nitrogens with zero attached hydrogens (tertiary/aromatic N) is 2. The van der Waals surface area contributed by atoms with Crippen molar-refractivity contribution in [2.45, 2.75) is 25.7 Å². The van der Waals surface area contributed by atoms with Gasteiger partial charge in [-0.2, -0.15) is 0 Å². The zero-order valence-electron chi connectivity index (χ0n) is 16.9. The van der Waals surface area contributed by atoms with E-state index in [9.17, 15) is 14.4 Å². The third-order valence-electron chi connectivity index (χ3n) is 5.68. The fourth-order valence-electron chi connectivity index (χ4n) is 3.98. The molecule has 31 heavy (non-hydrogen) atoms. The maximum atomic E-state index is 12.6. The van der Waals surface area contributed by atoms with Gasteiger partial charge in [-0.1, -0.05) is 0 Å². The number of ether oxygens (including phenoxy) is 3. The van der Waals surface area contributed by atoms with E-state index in [1.807, 2.05) is 0 Å². The predicted octanol–water partition coefficient (Wildman–Crippen LogP) is 2.18. The summed E-state index contributed by atoms with van der Waals surface area (Å²) in [4.78, 5) is 44.4. The Labute approximate surface area is 182 Å². The molecule has 1 atom stereocenters. The Kier molecular flexibility index (Phi) is 5.01. The molecular formula is C21H21N3O6S. The lowest BCUT2D eigenvalue weighted by molar-refractivity contribution is -0.145. The zero-order chi connectivity index (χ0) is 21.5. The number of thiazole rings is 1. The first-order chi connectivity index (χ1) is 15.0. The van der Waals surface area contributed by atoms with Gasteiger partial charge in [0.1, 0.15) is 5.92 Å². The summed E-state index contributed by atoms with van der Waals surface area (Å²) in [7, 11) is 0. The number of carbonyl (C=O) groups is 3. The van der Waals surface area contributed by atoms with E-state index < -0.39 is 0 Å². The first-order valence-corrected chi connectivity index (χ1v) is 11.0. The van der Waals surface area contributed by atoms with Gasteiger partial charge in [-0.3, -0.25) is 14.4 Å². The Morgan fingerprint density at radius 1 is 1.26 bits per heavy atom. The molecule has 5 rings (SSSR count). The molecule has 1 aromatic heterocycles. The Morgan fingerprint density at radius 2 is 2.06 bits per heavy atom. The summed E-state index contributed by atoms with van der Waals surface area (Å²) in [6.07, 6.45) is 1.45. The molecule has 1 aromatic carbocycles. The molecule has 10 heteroatoms. The lowest BCUT2D eigenvalue weighted by atomic mass is 9.98. The monoisotopic (exact) mass is 443 g/mol. The van der Waals surface area contributed by atoms with Crippen LogP contribution >= 0.6 is 11.3 Å². The van der Waals surface area contributed by atoms with Crippen molar-refractivity contribution in [3.05, 3.63) is 34.3 Å². The molecule has 0 bridgehead atoms. The topological polar surface area (TPSA) is 107 Å². The van der Waals surface area contributed by atoms with Crippen LogP contribution in [0.3, 0.4) is 0 Å². The van der Waals surface area contributed by atoms with Crippen LogP contribution in [0.1, 0.15) is 40.2 Å². The van der Waals surface area contributed by atoms with Gasteiger partial charge >= 0.3 is 5.97 Å². The Balaban J connectivity index is 1.17. The maximum absolute atomic E-state index is 12.6. The molecule has 2 aliphatic heterocycles. The van der Waals surface area contributed by atoms with E-state index in [0.717, 1.165) is 11.3 Å². The number of nitrogens with one attached hydrogen (secondary N) is 1. The van der Waals surface area contributed by atoms with Crippen LogP contribution in [-0.4, -0.2) is 54.2 Å². The second-order valence-corrected chi connectivity index (χ2v) is 8.72. The van der Waals surface area contributed by atoms with Crippen LogP contribution in [0.15, 0.2) is 18.2 Å². The lowest BCUT2D eigenvalue weighted by Gasteiger charge is -2.38. The molecule has 0 saturated carbocycles. The largest absolute Gasteiger partial charge is 0.465 e. The number of benzene rings is 1. The van der Waals surface area contributed by atoms with Gasteiger partial charge in [0.25, 0.3) is 5.91 Å². The Morgan fingerprint density at radius 3 is 2.87 bits per heavy atom. The van der Waals surface area contributed by atoms with Crippen LogP contribution in [-0.2, 0) is 20.7 Å². The number of esters is 1. The lowest BCUT2D eigenvalue weighted by Crippen LogP contribution is -2.54. The molecule has 3 heterocycles. The number of hydrogen-bond donors (Lipinski definition) is 1. The minimum Gasteiger partial charge on any atom is -0.465 e. The van der Waals surface area contributed by atoms with Crippen molar-refractivity contribution < 1.29 is 28.6 Å². The summed E-state index contributed by atoms with van der Waals surface area (Å²) in [5.41, 5.74) is 1.22. The number of aromatic nitrogens is 1. The van der Waals surface area contributed by atoms with Crippen LogP contribution in [0.4, 0.5) is 5.13 Å². The molecule has 9 nitrogen and oxygen atoms in total. The summed E-state index contributed by atoms with van der Waals surface area (Å²) < 4.78 is 15.7. The third-order valence-corrected chi connectivity index (χ3v) is 6.72. The molecule has 2 amide bonds. The molecule has 0 spiro atoms. The smallest absolute Gasteiger partial charge is 0.315 e. The van der Waals surface area contributed by atoms with Crippen molar-refractivity contribution in [1.82, 2.24) is 9.88 Å². The second-order valence-electron chi connectivity index (χ2n) is 7.64. The number of amides is 2. The van der Waals surface area contributed by atoms with Crippen molar-refractivity contribution >= 4 is 34.3 Å². The highest BCUT2D eigenvalue weighted by molar-refractivity contribution is 7.16. The SMILES string of the molecule is CCOC(=O)C1CCc2sc(NC(=O)C3CN(C(=O)c4ccc5c(c4)OCO5)C3)nc21. The van der Waals surface area contributed by atoms with Gasteiger partial charge < -0.3 is 24.4 Å². The number of carbonyl (C=O) groups excluding carboxylic acids is 3. The van der Waals surface area contributed by atoms with Gasteiger partial charge in [0.15, 0.2) is 16.6 Å². The van der Waals surface area contributed by atoms with Crippen LogP contribution < -0.4 is 14.8 Å². The normalized spacial score (nSPS) is 19.0. The average Bonchev–Trinajstić information content (AvgIpc) is 3.41. The molecule has 162 valence electrons. The maximum Gasteiger partial charge on any atom is 0.315 e. The van der Waals surface area contributed by atoms with E-state index in [-0.39, 0.29) is 36.4 Å². The van der Waals surface area contributed by atoms with Crippen molar-refractivity contribution in [2.75, 3.05) is 31.8 Å². The molecule has 1 N–H and O–H groups in total. The number of anilines is 1. The van der Waals surface area contributed by atoms with Gasteiger partial charge in [0.05, 0.1) is 18.2 Å². The minimum absolute atomic E-state index is 0.146. The quantitative estimate of drug-likeness (QED) is 0.706. The van der Waals surface area contributed by atoms with E-state index in [1.165, 1.54) is 11.3 Å². The van der Waals surface area contributed by atoms with Gasteiger partial charge in [0, 0.05) is 23.5 Å². The van der Waals surface area contributed by atoms with Gasteiger partial charge in [0.2, 0.25) is 12.7 Å². The predicted molar refractivity (Wildman–Crippen MR) is 110 cm³/mol. The molecule has 0 radical (unpaired) electrons. The van der Waals surface area contributed by atoms with Crippen molar-refractivity contribution in [3.63, 3.8) is 0 Å². The standard InChI is InChI=1S/C21H21N3O6S/c1-2-28-20(27)13-4-6-16-17(13)22-21(31-16)23-18(25)12-8-24(9-12)19(26)11-3-5-14-15(7-11)30-10-29-14/h3,5,7,12-13H,2,4,6,8-10H2,1H3,(H,22,23,25). The van der Waals surface area contributed by atoms with Crippen molar-refractivity contribution in [1.29, 1.82) is 0 Å². The van der Waals surface area contributed by atoms with E-state index in [0.29, 0.717) is 54.0 Å². The summed E-state index contributed by atoms with van der Waals surface area (Å²) in [5, 5.41) is 3.33. The molecule has 3 aliphatic rings. The van der Waals surface area contributed by atoms with Gasteiger partial charge in [-0.25, -0.2) is 4.98 Å². The second kappa shape index (κ2) is 7.84. The van der Waals surface area contributed by atoms with Gasteiger partial charge in [-0.05, 0) is 38.0 Å². The number of aryl methyl sites for hydroxylation is 1. The molecular weight excluding hydrogens is 422 g/mol. The summed E-state index contributed by atoms with van der Waals surface area (Å²) >= 11 is 1.40. The van der Waals surface area contributed by atoms with Crippen LogP contribution in [0, 0.1) is 5.92 Å². The highest BCUT2D eigenvalue weighted by atomic mass is 32.1. The molecule has 1 fully saturated rings. The highest BCUT2D eigenvalue weighted by Crippen LogP contribution is 2.39. The number of likely N-dealkylation sites (tertiary alicyclic amines) is 1. The summed E-state index contributed by atoms with van der Waals surface area (Å²) in [6.45, 7) is 2.95. The van der Waals surface area contributed by atoms with Crippen molar-refractivity contribution in [3.8, 4) is 11.5 Å². The van der Waals surface area contributed by atoms with Crippen LogP contribution in [0.25, 0.3) is 0 Å². The van der Waals surface area contributed by atoms with Gasteiger partial charge in [-0.15, -0.1) is 11.3 Å². The van der Waals surface area contributed by atoms with Crippen LogP contribution in [0.5, 0.6) is 11.5 Å². The first-order valence-electron chi connectivity index (χ1n) is 10.2. The van der Waals surface area contributed by atoms with Crippen LogP contribution in [0.2, 0.25) is 0 Å². The van der Waals surface area contributed by atoms with E-state index in [2.05, 4.69) is 10.3 Å². The summed E-state index contributed by atoms with van der Waals surface area (Å²) in [5.74, 6) is -0.0479. The summed E-state index contributed by atoms with van der Waals surface area (Å²) in [6, 6.07) is 5.07. The number of fused-ring (bicyclic) bond motifs is 2. The van der Waals surface area contributed by atoms with E-state index >= 15 is 0 Å². The molecule has 1 aliphatic carbocycles. The number of rotatable bonds is 5. The zero-order valence-corrected chi connectivity index (χ0v) is 17.7. The Hall–Kier alpha value is -3.14. The van der Waals surface area contributed by atoms with Crippen molar-refractivity contribution in [2.24, 2.45) is 5.92 Å².